The van der Waals surface area contributed by atoms with Crippen LogP contribution in [0.5, 0.6) is 0 Å². The Morgan fingerprint density at radius 1 is 1.09 bits per heavy atom. The second-order valence-corrected chi connectivity index (χ2v) is 11.3. The molecule has 0 saturated carbocycles. The smallest absolute Gasteiger partial charge is 0.243 e. The average molecular weight is 647 g/mol. The van der Waals surface area contributed by atoms with Crippen LogP contribution in [0.3, 0.4) is 0 Å². The Morgan fingerprint density at radius 2 is 1.78 bits per heavy atom. The van der Waals surface area contributed by atoms with Crippen molar-refractivity contribution in [3.63, 3.8) is 0 Å². The summed E-state index contributed by atoms with van der Waals surface area (Å²) in [4.78, 5) is 55.4. The fourth-order valence-corrected chi connectivity index (χ4v) is 4.79. The van der Waals surface area contributed by atoms with Gasteiger partial charge in [0.15, 0.2) is 10.7 Å². The van der Waals surface area contributed by atoms with E-state index >= 15 is 0 Å². The van der Waals surface area contributed by atoms with E-state index < -0.39 is 48.0 Å². The predicted molar refractivity (Wildman–Crippen MR) is 172 cm³/mol. The van der Waals surface area contributed by atoms with Crippen molar-refractivity contribution in [2.45, 2.75) is 68.6 Å². The number of nitrogens with zero attached hydrogens (tertiary/aromatic N) is 1. The number of nitrogens with one attached hydrogen (secondary N) is 6. The largest absolute Gasteiger partial charge is 0.393 e. The monoisotopic (exact) mass is 646 g/mol. The first kappa shape index (κ1) is 37.1. The highest BCUT2D eigenvalue weighted by molar-refractivity contribution is 7.71. The zero-order valence-electron chi connectivity index (χ0n) is 25.5. The minimum atomic E-state index is -1.62. The number of aliphatic hydroxyl groups is 1. The topological polar surface area (TPSA) is 259 Å². The lowest BCUT2D eigenvalue weighted by Crippen LogP contribution is -2.61. The van der Waals surface area contributed by atoms with Gasteiger partial charge in [-0.3, -0.25) is 19.8 Å². The minimum Gasteiger partial charge on any atom is -0.393 e. The second kappa shape index (κ2) is 18.6. The van der Waals surface area contributed by atoms with Gasteiger partial charge in [0.25, 0.3) is 0 Å². The Labute approximate surface area is 267 Å². The number of carbonyl (C=O) groups excluding carboxylic acids is 4. The van der Waals surface area contributed by atoms with E-state index in [0.717, 1.165) is 5.56 Å². The van der Waals surface area contributed by atoms with Crippen LogP contribution in [0.15, 0.2) is 36.5 Å². The number of carbonyl (C=O) groups is 4. The maximum atomic E-state index is 13.7. The molecule has 2 aromatic rings. The number of H-pyrrole nitrogens is 1. The first-order valence-corrected chi connectivity index (χ1v) is 15.2. The number of guanidine groups is 1. The molecular formula is C29H46N10O5S. The van der Waals surface area contributed by atoms with Crippen LogP contribution < -0.4 is 38.5 Å². The number of aldehydes is 1. The molecular weight excluding hydrogens is 600 g/mol. The van der Waals surface area contributed by atoms with Crippen molar-refractivity contribution in [3.05, 3.63) is 52.6 Å². The van der Waals surface area contributed by atoms with Gasteiger partial charge in [-0.25, -0.2) is 0 Å². The van der Waals surface area contributed by atoms with Crippen molar-refractivity contribution >= 4 is 42.2 Å². The first-order valence-electron chi connectivity index (χ1n) is 14.8. The summed E-state index contributed by atoms with van der Waals surface area (Å²) < 4.78 is 2.07. The molecule has 0 saturated heterocycles. The van der Waals surface area contributed by atoms with Gasteiger partial charge in [0.1, 0.15) is 23.9 Å². The lowest BCUT2D eigenvalue weighted by Gasteiger charge is -2.30. The zero-order chi connectivity index (χ0) is 33.4. The summed E-state index contributed by atoms with van der Waals surface area (Å²) in [6.45, 7) is 0.0601. The van der Waals surface area contributed by atoms with Gasteiger partial charge in [0.2, 0.25) is 17.7 Å². The van der Waals surface area contributed by atoms with Crippen LogP contribution in [-0.4, -0.2) is 88.0 Å². The third-order valence-electron chi connectivity index (χ3n) is 7.31. The Kier molecular flexibility index (Phi) is 15.3. The van der Waals surface area contributed by atoms with Crippen molar-refractivity contribution in [2.75, 3.05) is 19.7 Å². The third-order valence-corrected chi connectivity index (χ3v) is 7.70. The molecule has 2 rings (SSSR count). The van der Waals surface area contributed by atoms with Gasteiger partial charge in [-0.15, -0.1) is 0 Å². The first-order chi connectivity index (χ1) is 21.4. The summed E-state index contributed by atoms with van der Waals surface area (Å²) in [5.41, 5.74) is 16.7. The molecule has 0 fully saturated rings. The fourth-order valence-electron chi connectivity index (χ4n) is 4.61. The summed E-state index contributed by atoms with van der Waals surface area (Å²) in [5, 5.41) is 28.1. The molecule has 45 heavy (non-hydrogen) atoms. The van der Waals surface area contributed by atoms with Crippen LogP contribution in [0.1, 0.15) is 43.4 Å². The number of nitrogens with two attached hydrogens (primary N) is 3. The molecule has 13 N–H and O–H groups in total. The average Bonchev–Trinajstić information content (AvgIpc) is 3.34. The van der Waals surface area contributed by atoms with E-state index in [1.54, 1.807) is 42.1 Å². The number of unbranched alkanes of at least 4 members (excludes halogenated alkanes) is 1. The van der Waals surface area contributed by atoms with Crippen molar-refractivity contribution in [1.29, 1.82) is 5.41 Å². The van der Waals surface area contributed by atoms with E-state index in [2.05, 4.69) is 26.3 Å². The molecule has 0 aliphatic rings. The lowest BCUT2D eigenvalue weighted by molar-refractivity contribution is -0.134. The van der Waals surface area contributed by atoms with E-state index in [1.807, 2.05) is 6.07 Å². The molecule has 3 amide bonds. The number of aliphatic hydroxyl groups excluding tert-OH is 1. The number of rotatable bonds is 20. The van der Waals surface area contributed by atoms with E-state index in [1.165, 1.54) is 0 Å². The van der Waals surface area contributed by atoms with Crippen LogP contribution in [0.25, 0.3) is 0 Å². The van der Waals surface area contributed by atoms with Crippen molar-refractivity contribution in [2.24, 2.45) is 24.2 Å². The number of aromatic amines is 1. The molecule has 0 spiro atoms. The van der Waals surface area contributed by atoms with Gasteiger partial charge in [0.05, 0.1) is 12.6 Å². The summed E-state index contributed by atoms with van der Waals surface area (Å²) in [5.74, 6) is -2.10. The summed E-state index contributed by atoms with van der Waals surface area (Å²) >= 11 is 5.24. The molecule has 0 aliphatic heterocycles. The van der Waals surface area contributed by atoms with Crippen molar-refractivity contribution < 1.29 is 24.3 Å². The van der Waals surface area contributed by atoms with Crippen LogP contribution in [-0.2, 0) is 39.1 Å². The van der Waals surface area contributed by atoms with Gasteiger partial charge >= 0.3 is 0 Å². The SMILES string of the molecule is Cn1c(C[C@H](NC(=O)C(N)CCCNC(=N)N)C(=O)N[C@@H](CCCCN)C(=O)NC(C=O)(CO)Cc2ccccc2)c[nH]c1=S. The Hall–Kier alpha value is -4.12. The second-order valence-electron chi connectivity index (χ2n) is 10.9. The Balaban J connectivity index is 2.26. The highest BCUT2D eigenvalue weighted by atomic mass is 32.1. The van der Waals surface area contributed by atoms with Crippen molar-refractivity contribution in [1.82, 2.24) is 30.8 Å². The van der Waals surface area contributed by atoms with Gasteiger partial charge < -0.3 is 57.9 Å². The highest BCUT2D eigenvalue weighted by Gasteiger charge is 2.35. The van der Waals surface area contributed by atoms with Gasteiger partial charge in [-0.05, 0) is 56.4 Å². The standard InChI is InChI=1S/C29H46N10O5S/c1-39-20(16-35-28(39)45)14-23(37-24(42)21(31)10-7-13-34-27(32)33)25(43)36-22(11-5-6-12-30)26(44)38-29(17-40,18-41)15-19-8-3-2-4-9-19/h2-4,8-9,16-17,21-23,41H,5-7,10-15,18,30-31H2,1H3,(H,35,45)(H,36,43)(H,37,42)(H,38,44)(H4,32,33,34)/t21?,22-,23-,29?/m0/s1. The van der Waals surface area contributed by atoms with Crippen LogP contribution in [0.2, 0.25) is 0 Å². The highest BCUT2D eigenvalue weighted by Crippen LogP contribution is 2.14. The van der Waals surface area contributed by atoms with Crippen LogP contribution in [0, 0.1) is 10.2 Å². The molecule has 15 nitrogen and oxygen atoms in total. The fraction of sp³-hybridized carbons (Fsp3) is 0.517. The van der Waals surface area contributed by atoms with Crippen molar-refractivity contribution in [3.8, 4) is 0 Å². The summed E-state index contributed by atoms with van der Waals surface area (Å²) in [6, 6.07) is 5.71. The molecule has 1 aromatic heterocycles. The number of benzene rings is 1. The van der Waals surface area contributed by atoms with Crippen LogP contribution in [0.4, 0.5) is 0 Å². The van der Waals surface area contributed by atoms with E-state index in [0.29, 0.717) is 49.1 Å². The van der Waals surface area contributed by atoms with Gasteiger partial charge in [-0.1, -0.05) is 30.3 Å². The summed E-state index contributed by atoms with van der Waals surface area (Å²) in [7, 11) is 1.71. The Bertz CT molecular complexity index is 1330. The number of aromatic nitrogens is 2. The molecule has 2 unspecified atom stereocenters. The summed E-state index contributed by atoms with van der Waals surface area (Å²) in [6.07, 6.45) is 4.15. The van der Waals surface area contributed by atoms with E-state index in [9.17, 15) is 24.3 Å². The molecule has 0 radical (unpaired) electrons. The van der Waals surface area contributed by atoms with E-state index in [4.69, 9.17) is 34.8 Å². The molecule has 4 atom stereocenters. The predicted octanol–water partition coefficient (Wildman–Crippen LogP) is -1.40. The molecule has 16 heteroatoms. The quantitative estimate of drug-likeness (QED) is 0.0265. The number of amides is 3. The minimum absolute atomic E-state index is 0.0277. The van der Waals surface area contributed by atoms with Gasteiger partial charge in [0, 0.05) is 38.3 Å². The number of imidazole rings is 1. The number of hydrogen-bond donors (Lipinski definition) is 10. The number of hydrogen-bond acceptors (Lipinski definition) is 9. The zero-order valence-corrected chi connectivity index (χ0v) is 26.3. The molecule has 0 bridgehead atoms. The molecule has 0 aliphatic carbocycles. The maximum Gasteiger partial charge on any atom is 0.243 e. The lowest BCUT2D eigenvalue weighted by atomic mass is 9.92. The molecule has 248 valence electrons. The van der Waals surface area contributed by atoms with E-state index in [-0.39, 0.29) is 31.6 Å². The van der Waals surface area contributed by atoms with Gasteiger partial charge in [-0.2, -0.15) is 0 Å². The Morgan fingerprint density at radius 3 is 2.36 bits per heavy atom. The normalized spacial score (nSPS) is 14.3. The third kappa shape index (κ3) is 12.1. The van der Waals surface area contributed by atoms with Crippen LogP contribution >= 0.6 is 12.2 Å². The maximum absolute atomic E-state index is 13.7. The molecule has 1 heterocycles. The molecule has 1 aromatic carbocycles.